The zero-order valence-electron chi connectivity index (χ0n) is 12.4. The van der Waals surface area contributed by atoms with E-state index in [0.29, 0.717) is 11.8 Å². The topological polar surface area (TPSA) is 35.2 Å². The van der Waals surface area contributed by atoms with Gasteiger partial charge in [-0.2, -0.15) is 0 Å². The van der Waals surface area contributed by atoms with E-state index in [1.54, 1.807) is 7.11 Å². The third-order valence-corrected chi connectivity index (χ3v) is 3.54. The first-order valence-electron chi connectivity index (χ1n) is 6.87. The highest BCUT2D eigenvalue weighted by atomic mass is 16.5. The number of benzene rings is 1. The lowest BCUT2D eigenvalue weighted by Crippen LogP contribution is -2.09. The first-order chi connectivity index (χ1) is 8.49. The van der Waals surface area contributed by atoms with Gasteiger partial charge in [0.25, 0.3) is 0 Å². The Morgan fingerprint density at radius 2 is 1.89 bits per heavy atom. The molecular weight excluding hydrogens is 222 g/mol. The van der Waals surface area contributed by atoms with Crippen molar-refractivity contribution in [2.24, 2.45) is 11.7 Å². The molecule has 0 radical (unpaired) electrons. The van der Waals surface area contributed by atoms with Crippen molar-refractivity contribution in [3.63, 3.8) is 0 Å². The van der Waals surface area contributed by atoms with Crippen LogP contribution in [0.5, 0.6) is 5.75 Å². The minimum Gasteiger partial charge on any atom is -0.496 e. The molecule has 0 fully saturated rings. The Morgan fingerprint density at radius 1 is 1.22 bits per heavy atom. The lowest BCUT2D eigenvalue weighted by Gasteiger charge is -2.18. The van der Waals surface area contributed by atoms with Crippen molar-refractivity contribution in [1.29, 1.82) is 0 Å². The van der Waals surface area contributed by atoms with Crippen LogP contribution in [0.3, 0.4) is 0 Å². The summed E-state index contributed by atoms with van der Waals surface area (Å²) in [4.78, 5) is 0. The van der Waals surface area contributed by atoms with Crippen LogP contribution >= 0.6 is 0 Å². The summed E-state index contributed by atoms with van der Waals surface area (Å²) >= 11 is 0. The van der Waals surface area contributed by atoms with Crippen LogP contribution in [-0.2, 0) is 6.42 Å². The van der Waals surface area contributed by atoms with Gasteiger partial charge >= 0.3 is 0 Å². The SMILES string of the molecule is COc1cc(C)c(CC(C)CCN)cc1C(C)C. The number of hydrogen-bond acceptors (Lipinski definition) is 2. The van der Waals surface area contributed by atoms with Gasteiger partial charge in [0.05, 0.1) is 7.11 Å². The van der Waals surface area contributed by atoms with E-state index in [1.165, 1.54) is 16.7 Å². The molecule has 0 spiro atoms. The Morgan fingerprint density at radius 3 is 2.39 bits per heavy atom. The van der Waals surface area contributed by atoms with Crippen molar-refractivity contribution in [1.82, 2.24) is 0 Å². The van der Waals surface area contributed by atoms with E-state index in [4.69, 9.17) is 10.5 Å². The van der Waals surface area contributed by atoms with E-state index in [9.17, 15) is 0 Å². The van der Waals surface area contributed by atoms with Gasteiger partial charge in [-0.15, -0.1) is 0 Å². The summed E-state index contributed by atoms with van der Waals surface area (Å²) < 4.78 is 5.47. The maximum absolute atomic E-state index is 5.62. The summed E-state index contributed by atoms with van der Waals surface area (Å²) in [5, 5.41) is 0. The molecule has 1 aromatic rings. The monoisotopic (exact) mass is 249 g/mol. The summed E-state index contributed by atoms with van der Waals surface area (Å²) in [6.07, 6.45) is 2.19. The molecule has 0 aliphatic carbocycles. The molecule has 0 saturated heterocycles. The lowest BCUT2D eigenvalue weighted by molar-refractivity contribution is 0.406. The highest BCUT2D eigenvalue weighted by Gasteiger charge is 2.12. The fraction of sp³-hybridized carbons (Fsp3) is 0.625. The van der Waals surface area contributed by atoms with Crippen LogP contribution in [0.4, 0.5) is 0 Å². The first kappa shape index (κ1) is 15.0. The second-order valence-corrected chi connectivity index (χ2v) is 5.56. The summed E-state index contributed by atoms with van der Waals surface area (Å²) in [5.41, 5.74) is 9.68. The van der Waals surface area contributed by atoms with Crippen molar-refractivity contribution in [2.75, 3.05) is 13.7 Å². The highest BCUT2D eigenvalue weighted by Crippen LogP contribution is 2.30. The van der Waals surface area contributed by atoms with Crippen molar-refractivity contribution in [3.8, 4) is 5.75 Å². The van der Waals surface area contributed by atoms with Crippen LogP contribution in [0.25, 0.3) is 0 Å². The predicted molar refractivity (Wildman–Crippen MR) is 78.4 cm³/mol. The number of hydrogen-bond donors (Lipinski definition) is 1. The van der Waals surface area contributed by atoms with Gasteiger partial charge in [0.2, 0.25) is 0 Å². The molecule has 0 heterocycles. The standard InChI is InChI=1S/C16H27NO/c1-11(2)15-10-14(8-12(3)6-7-17)13(4)9-16(15)18-5/h9-12H,6-8,17H2,1-5H3. The van der Waals surface area contributed by atoms with E-state index >= 15 is 0 Å². The van der Waals surface area contributed by atoms with Crippen molar-refractivity contribution in [3.05, 3.63) is 28.8 Å². The number of rotatable bonds is 6. The van der Waals surface area contributed by atoms with Crippen LogP contribution in [-0.4, -0.2) is 13.7 Å². The van der Waals surface area contributed by atoms with Gasteiger partial charge in [-0.25, -0.2) is 0 Å². The van der Waals surface area contributed by atoms with Crippen LogP contribution in [0.2, 0.25) is 0 Å². The Hall–Kier alpha value is -1.02. The molecule has 2 N–H and O–H groups in total. The normalized spacial score (nSPS) is 12.8. The molecule has 0 saturated carbocycles. The molecule has 1 unspecified atom stereocenters. The van der Waals surface area contributed by atoms with Gasteiger partial charge in [0, 0.05) is 0 Å². The third kappa shape index (κ3) is 3.74. The van der Waals surface area contributed by atoms with Gasteiger partial charge in [-0.1, -0.05) is 26.8 Å². The molecular formula is C16H27NO. The van der Waals surface area contributed by atoms with Gasteiger partial charge in [-0.3, -0.25) is 0 Å². The van der Waals surface area contributed by atoms with Gasteiger partial charge in [0.15, 0.2) is 0 Å². The summed E-state index contributed by atoms with van der Waals surface area (Å²) in [6.45, 7) is 9.62. The van der Waals surface area contributed by atoms with Crippen molar-refractivity contribution < 1.29 is 4.74 Å². The molecule has 0 aliphatic rings. The molecule has 0 aromatic heterocycles. The maximum atomic E-state index is 5.62. The average Bonchev–Trinajstić information content (AvgIpc) is 2.31. The van der Waals surface area contributed by atoms with E-state index in [2.05, 4.69) is 39.8 Å². The van der Waals surface area contributed by atoms with Crippen molar-refractivity contribution >= 4 is 0 Å². The largest absolute Gasteiger partial charge is 0.496 e. The number of ether oxygens (including phenoxy) is 1. The molecule has 1 rings (SSSR count). The van der Waals surface area contributed by atoms with Crippen LogP contribution in [0.1, 0.15) is 49.8 Å². The number of methoxy groups -OCH3 is 1. The molecule has 2 heteroatoms. The third-order valence-electron chi connectivity index (χ3n) is 3.54. The van der Waals surface area contributed by atoms with Crippen LogP contribution in [0, 0.1) is 12.8 Å². The Labute approximate surface area is 112 Å². The summed E-state index contributed by atoms with van der Waals surface area (Å²) in [5.74, 6) is 2.14. The molecule has 0 bridgehead atoms. The van der Waals surface area contributed by atoms with Crippen LogP contribution < -0.4 is 10.5 Å². The lowest BCUT2D eigenvalue weighted by atomic mass is 9.90. The van der Waals surface area contributed by atoms with Crippen LogP contribution in [0.15, 0.2) is 12.1 Å². The number of nitrogens with two attached hydrogens (primary N) is 1. The van der Waals surface area contributed by atoms with Gasteiger partial charge in [0.1, 0.15) is 5.75 Å². The number of aryl methyl sites for hydroxylation is 1. The zero-order chi connectivity index (χ0) is 13.7. The Kier molecular flexibility index (Phi) is 5.67. The minimum absolute atomic E-state index is 0.490. The molecule has 1 aromatic carbocycles. The quantitative estimate of drug-likeness (QED) is 0.835. The van der Waals surface area contributed by atoms with E-state index < -0.39 is 0 Å². The Bertz CT molecular complexity index is 385. The van der Waals surface area contributed by atoms with E-state index in [0.717, 1.165) is 25.1 Å². The fourth-order valence-electron chi connectivity index (χ4n) is 2.36. The molecule has 0 amide bonds. The van der Waals surface area contributed by atoms with E-state index in [-0.39, 0.29) is 0 Å². The first-order valence-corrected chi connectivity index (χ1v) is 6.87. The second kappa shape index (κ2) is 6.79. The molecule has 2 nitrogen and oxygen atoms in total. The molecule has 18 heavy (non-hydrogen) atoms. The zero-order valence-corrected chi connectivity index (χ0v) is 12.4. The second-order valence-electron chi connectivity index (χ2n) is 5.56. The van der Waals surface area contributed by atoms with Gasteiger partial charge in [-0.05, 0) is 60.9 Å². The molecule has 1 atom stereocenters. The van der Waals surface area contributed by atoms with Crippen molar-refractivity contribution in [2.45, 2.75) is 46.5 Å². The smallest absolute Gasteiger partial charge is 0.122 e. The fourth-order valence-corrected chi connectivity index (χ4v) is 2.36. The van der Waals surface area contributed by atoms with E-state index in [1.807, 2.05) is 0 Å². The summed E-state index contributed by atoms with van der Waals surface area (Å²) in [6, 6.07) is 4.48. The predicted octanol–water partition coefficient (Wildman–Crippen LogP) is 3.65. The average molecular weight is 249 g/mol. The summed E-state index contributed by atoms with van der Waals surface area (Å²) in [7, 11) is 1.75. The van der Waals surface area contributed by atoms with Gasteiger partial charge < -0.3 is 10.5 Å². The molecule has 0 aliphatic heterocycles. The minimum atomic E-state index is 0.490. The maximum Gasteiger partial charge on any atom is 0.122 e. The highest BCUT2D eigenvalue weighted by molar-refractivity contribution is 5.44. The Balaban J connectivity index is 3.01. The molecule has 102 valence electrons.